The smallest absolute Gasteiger partial charge is 0.382 e. The second-order valence-corrected chi connectivity index (χ2v) is 5.69. The summed E-state index contributed by atoms with van der Waals surface area (Å²) in [4.78, 5) is 8.69. The van der Waals surface area contributed by atoms with Crippen molar-refractivity contribution in [3.05, 3.63) is 0 Å². The lowest BCUT2D eigenvalue weighted by Crippen LogP contribution is -2.15. The SMILES string of the molecule is B[C@H]1CC[C@@H](COP(=O)(O)S)O1. The van der Waals surface area contributed by atoms with Crippen LogP contribution in [0.5, 0.6) is 0 Å². The summed E-state index contributed by atoms with van der Waals surface area (Å²) in [6, 6.07) is 0.233. The molecule has 0 amide bonds. The molecule has 0 aliphatic carbocycles. The van der Waals surface area contributed by atoms with Gasteiger partial charge in [0.1, 0.15) is 7.85 Å². The van der Waals surface area contributed by atoms with E-state index in [-0.39, 0.29) is 18.7 Å². The molecule has 1 saturated heterocycles. The third-order valence-corrected chi connectivity index (χ3v) is 2.58. The van der Waals surface area contributed by atoms with Gasteiger partial charge in [-0.25, -0.2) is 4.57 Å². The van der Waals surface area contributed by atoms with Gasteiger partial charge in [-0.15, -0.1) is 0 Å². The lowest BCUT2D eigenvalue weighted by molar-refractivity contribution is 0.0493. The van der Waals surface area contributed by atoms with E-state index in [4.69, 9.17) is 9.63 Å². The van der Waals surface area contributed by atoms with Gasteiger partial charge in [-0.3, -0.25) is 4.52 Å². The summed E-state index contributed by atoms with van der Waals surface area (Å²) in [6.45, 7) is -3.47. The first-order chi connectivity index (χ1) is 5.47. The minimum atomic E-state index is -3.62. The Morgan fingerprint density at radius 2 is 2.42 bits per heavy atom. The molecule has 1 aliphatic rings. The number of thiol groups is 1. The predicted octanol–water partition coefficient (Wildman–Crippen LogP) is 0.171. The average molecular weight is 210 g/mol. The van der Waals surface area contributed by atoms with Crippen LogP contribution >= 0.6 is 19.0 Å². The van der Waals surface area contributed by atoms with E-state index in [2.05, 4.69) is 16.8 Å². The van der Waals surface area contributed by atoms with Gasteiger partial charge in [-0.1, -0.05) is 12.2 Å². The summed E-state index contributed by atoms with van der Waals surface area (Å²) in [6.07, 6.45) is 1.82. The number of hydrogen-bond donors (Lipinski definition) is 2. The third kappa shape index (κ3) is 3.96. The van der Waals surface area contributed by atoms with Crippen LogP contribution in [0.4, 0.5) is 0 Å². The van der Waals surface area contributed by atoms with Gasteiger partial charge in [-0.2, -0.15) is 0 Å². The van der Waals surface area contributed by atoms with Crippen LogP contribution in [0.1, 0.15) is 12.8 Å². The minimum Gasteiger partial charge on any atom is -0.382 e. The molecule has 4 nitrogen and oxygen atoms in total. The minimum absolute atomic E-state index is 0.0485. The summed E-state index contributed by atoms with van der Waals surface area (Å²) in [5.41, 5.74) is 0. The normalized spacial score (nSPS) is 34.8. The fourth-order valence-electron chi connectivity index (χ4n) is 1.19. The van der Waals surface area contributed by atoms with E-state index in [9.17, 15) is 4.57 Å². The molecule has 3 atom stereocenters. The van der Waals surface area contributed by atoms with E-state index < -0.39 is 6.80 Å². The molecule has 1 fully saturated rings. The molecule has 12 heavy (non-hydrogen) atoms. The van der Waals surface area contributed by atoms with E-state index in [0.717, 1.165) is 12.8 Å². The van der Waals surface area contributed by atoms with Gasteiger partial charge >= 0.3 is 6.80 Å². The molecule has 0 radical (unpaired) electrons. The molecule has 1 rings (SSSR count). The zero-order valence-corrected chi connectivity index (χ0v) is 8.63. The number of hydrogen-bond acceptors (Lipinski definition) is 3. The zero-order chi connectivity index (χ0) is 9.19. The fourth-order valence-corrected chi connectivity index (χ4v) is 1.75. The summed E-state index contributed by atoms with van der Waals surface area (Å²) in [5.74, 6) is 0. The summed E-state index contributed by atoms with van der Waals surface area (Å²) in [7, 11) is 1.97. The van der Waals surface area contributed by atoms with Crippen molar-refractivity contribution in [1.29, 1.82) is 0 Å². The Bertz CT molecular complexity index is 196. The second kappa shape index (κ2) is 4.16. The highest BCUT2D eigenvalue weighted by molar-refractivity contribution is 8.44. The van der Waals surface area contributed by atoms with E-state index in [0.29, 0.717) is 0 Å². The van der Waals surface area contributed by atoms with Crippen LogP contribution in [0.3, 0.4) is 0 Å². The third-order valence-electron chi connectivity index (χ3n) is 1.75. The lowest BCUT2D eigenvalue weighted by Gasteiger charge is -2.12. The van der Waals surface area contributed by atoms with Gasteiger partial charge in [-0.05, 0) is 12.8 Å². The first kappa shape index (κ1) is 10.6. The van der Waals surface area contributed by atoms with E-state index in [1.807, 2.05) is 7.85 Å². The van der Waals surface area contributed by atoms with Crippen molar-refractivity contribution < 1.29 is 18.7 Å². The molecule has 0 aromatic carbocycles. The highest BCUT2D eigenvalue weighted by atomic mass is 32.7. The Morgan fingerprint density at radius 1 is 1.75 bits per heavy atom. The summed E-state index contributed by atoms with van der Waals surface area (Å²) in [5, 5.41) is 0. The van der Waals surface area contributed by atoms with Crippen molar-refractivity contribution in [2.75, 3.05) is 6.61 Å². The van der Waals surface area contributed by atoms with Gasteiger partial charge in [0, 0.05) is 6.00 Å². The van der Waals surface area contributed by atoms with Gasteiger partial charge in [0.15, 0.2) is 0 Å². The monoisotopic (exact) mass is 210 g/mol. The maximum Gasteiger partial charge on any atom is 0.383 e. The summed E-state index contributed by atoms with van der Waals surface area (Å²) >= 11 is 3.38. The molecule has 0 aromatic heterocycles. The van der Waals surface area contributed by atoms with E-state index in [1.165, 1.54) is 0 Å². The fraction of sp³-hybridized carbons (Fsp3) is 1.00. The Morgan fingerprint density at radius 3 is 2.83 bits per heavy atom. The molecule has 1 unspecified atom stereocenters. The van der Waals surface area contributed by atoms with E-state index >= 15 is 0 Å². The van der Waals surface area contributed by atoms with Crippen molar-refractivity contribution in [3.63, 3.8) is 0 Å². The molecule has 1 N–H and O–H groups in total. The molecular formula is C5H12BO4PS. The van der Waals surface area contributed by atoms with Gasteiger partial charge in [0.05, 0.1) is 12.7 Å². The average Bonchev–Trinajstić information content (AvgIpc) is 2.30. The van der Waals surface area contributed by atoms with Gasteiger partial charge in [0.2, 0.25) is 0 Å². The first-order valence-electron chi connectivity index (χ1n) is 3.83. The molecule has 0 spiro atoms. The molecule has 7 heteroatoms. The maximum absolute atomic E-state index is 10.6. The van der Waals surface area contributed by atoms with Crippen molar-refractivity contribution in [2.24, 2.45) is 0 Å². The molecule has 1 aliphatic heterocycles. The van der Waals surface area contributed by atoms with Crippen LogP contribution in [0.25, 0.3) is 0 Å². The quantitative estimate of drug-likeness (QED) is 0.396. The lowest BCUT2D eigenvalue weighted by atomic mass is 9.97. The molecule has 0 aromatic rings. The van der Waals surface area contributed by atoms with Crippen molar-refractivity contribution in [3.8, 4) is 0 Å². The predicted molar refractivity (Wildman–Crippen MR) is 51.2 cm³/mol. The largest absolute Gasteiger partial charge is 0.383 e. The molecule has 0 bridgehead atoms. The highest BCUT2D eigenvalue weighted by Crippen LogP contribution is 2.47. The Balaban J connectivity index is 2.21. The Kier molecular flexibility index (Phi) is 3.67. The Hall–Kier alpha value is 0.525. The van der Waals surface area contributed by atoms with Crippen LogP contribution in [-0.4, -0.2) is 31.5 Å². The van der Waals surface area contributed by atoms with Gasteiger partial charge in [0.25, 0.3) is 0 Å². The summed E-state index contributed by atoms with van der Waals surface area (Å²) < 4.78 is 20.6. The highest BCUT2D eigenvalue weighted by Gasteiger charge is 2.24. The number of ether oxygens (including phenoxy) is 1. The molecular weight excluding hydrogens is 198 g/mol. The molecule has 1 heterocycles. The van der Waals surface area contributed by atoms with Crippen LogP contribution in [0.15, 0.2) is 0 Å². The van der Waals surface area contributed by atoms with Crippen LogP contribution < -0.4 is 0 Å². The van der Waals surface area contributed by atoms with Gasteiger partial charge < -0.3 is 9.63 Å². The maximum atomic E-state index is 10.6. The standard InChI is InChI=1S/C5H12BO4PS/c6-5-2-1-4(10-5)3-9-11(7,8)12/h4-5H,1-3,6H2,(H2,7,8,12)/t4-,5+/m0/s1. The van der Waals surface area contributed by atoms with Crippen LogP contribution in [-0.2, 0) is 13.8 Å². The van der Waals surface area contributed by atoms with Crippen molar-refractivity contribution in [1.82, 2.24) is 0 Å². The molecule has 0 saturated carbocycles. The Labute approximate surface area is 77.7 Å². The zero-order valence-electron chi connectivity index (χ0n) is 6.84. The van der Waals surface area contributed by atoms with E-state index in [1.54, 1.807) is 0 Å². The number of rotatable bonds is 3. The molecule has 70 valence electrons. The first-order valence-corrected chi connectivity index (χ1v) is 6.56. The van der Waals surface area contributed by atoms with Crippen LogP contribution in [0.2, 0.25) is 0 Å². The second-order valence-electron chi connectivity index (χ2n) is 2.93. The van der Waals surface area contributed by atoms with Crippen LogP contribution in [0, 0.1) is 0 Å². The van der Waals surface area contributed by atoms with Crippen molar-refractivity contribution in [2.45, 2.75) is 24.9 Å². The topological polar surface area (TPSA) is 55.8 Å². The van der Waals surface area contributed by atoms with Crippen molar-refractivity contribution >= 4 is 26.9 Å².